The maximum absolute atomic E-state index is 13.0. The topological polar surface area (TPSA) is 17.1 Å². The zero-order valence-electron chi connectivity index (χ0n) is 13.0. The van der Waals surface area contributed by atoms with Gasteiger partial charge < -0.3 is 4.79 Å². The molecule has 0 N–H and O–H groups in total. The van der Waals surface area contributed by atoms with Gasteiger partial charge in [0.15, 0.2) is 8.07 Å². The molecule has 2 rings (SSSR count). The Labute approximate surface area is 129 Å². The molecule has 0 aliphatic rings. The quantitative estimate of drug-likeness (QED) is 0.564. The highest BCUT2D eigenvalue weighted by molar-refractivity contribution is 7.21. The lowest BCUT2D eigenvalue weighted by molar-refractivity contribution is -0.112. The van der Waals surface area contributed by atoms with E-state index in [1.54, 1.807) is 0 Å². The van der Waals surface area contributed by atoms with Crippen LogP contribution >= 0.6 is 0 Å². The first kappa shape index (κ1) is 15.7. The summed E-state index contributed by atoms with van der Waals surface area (Å²) in [7, 11) is -2.29. The minimum Gasteiger partial charge on any atom is -0.305 e. The van der Waals surface area contributed by atoms with Gasteiger partial charge in [-0.05, 0) is 16.8 Å². The van der Waals surface area contributed by atoms with Crippen LogP contribution < -0.4 is 10.4 Å². The highest BCUT2D eigenvalue weighted by Crippen LogP contribution is 2.12. The maximum Gasteiger partial charge on any atom is 0.190 e. The molecule has 0 bridgehead atoms. The standard InChI is InChI=1S/C19H24OSi/c1-3-4-7-16-19(20)21(2,17-12-8-5-9-13-17)18-14-10-6-11-15-18/h5-6,8-15H,3-4,7,16H2,1-2H3. The molecule has 0 aliphatic carbocycles. The number of hydrogen-bond acceptors (Lipinski definition) is 1. The molecule has 2 heteroatoms. The molecule has 0 amide bonds. The summed E-state index contributed by atoms with van der Waals surface area (Å²) >= 11 is 0. The van der Waals surface area contributed by atoms with Crippen LogP contribution in [0.1, 0.15) is 32.6 Å². The third-order valence-electron chi connectivity index (χ3n) is 4.27. The van der Waals surface area contributed by atoms with E-state index in [4.69, 9.17) is 0 Å². The zero-order chi connectivity index (χ0) is 15.1. The Balaban J connectivity index is 2.38. The Morgan fingerprint density at radius 1 is 0.857 bits per heavy atom. The lowest BCUT2D eigenvalue weighted by Gasteiger charge is -2.27. The number of benzene rings is 2. The summed E-state index contributed by atoms with van der Waals surface area (Å²) in [6, 6.07) is 20.7. The lowest BCUT2D eigenvalue weighted by Crippen LogP contribution is -2.62. The Kier molecular flexibility index (Phi) is 5.51. The van der Waals surface area contributed by atoms with Crippen LogP contribution in [0, 0.1) is 0 Å². The molecule has 0 fully saturated rings. The van der Waals surface area contributed by atoms with E-state index in [9.17, 15) is 4.79 Å². The van der Waals surface area contributed by atoms with Gasteiger partial charge in [0.25, 0.3) is 0 Å². The summed E-state index contributed by atoms with van der Waals surface area (Å²) in [5.41, 5.74) is 0. The SMILES string of the molecule is CCCCCC(=O)[Si](C)(c1ccccc1)c1ccccc1. The van der Waals surface area contributed by atoms with Crippen molar-refractivity contribution in [3.05, 3.63) is 60.7 Å². The van der Waals surface area contributed by atoms with Crippen molar-refractivity contribution in [1.29, 1.82) is 0 Å². The smallest absolute Gasteiger partial charge is 0.190 e. The molecule has 1 nitrogen and oxygen atoms in total. The summed E-state index contributed by atoms with van der Waals surface area (Å²) in [4.78, 5) is 13.0. The van der Waals surface area contributed by atoms with Crippen LogP contribution in [-0.4, -0.2) is 13.5 Å². The highest BCUT2D eigenvalue weighted by Gasteiger charge is 2.38. The molecule has 0 saturated carbocycles. The van der Waals surface area contributed by atoms with Crippen LogP contribution in [0.3, 0.4) is 0 Å². The Morgan fingerprint density at radius 3 is 1.76 bits per heavy atom. The molecular formula is C19H24OSi. The largest absolute Gasteiger partial charge is 0.305 e. The summed E-state index contributed by atoms with van der Waals surface area (Å²) < 4.78 is 0. The van der Waals surface area contributed by atoms with E-state index in [0.717, 1.165) is 19.3 Å². The van der Waals surface area contributed by atoms with E-state index in [-0.39, 0.29) is 0 Å². The van der Waals surface area contributed by atoms with Crippen molar-refractivity contribution in [3.8, 4) is 0 Å². The number of rotatable bonds is 7. The van der Waals surface area contributed by atoms with Crippen molar-refractivity contribution in [2.75, 3.05) is 0 Å². The first-order chi connectivity index (χ1) is 10.2. The minimum absolute atomic E-state index is 0.452. The van der Waals surface area contributed by atoms with Crippen LogP contribution in [0.25, 0.3) is 0 Å². The van der Waals surface area contributed by atoms with Crippen molar-refractivity contribution in [1.82, 2.24) is 0 Å². The molecule has 0 heterocycles. The predicted octanol–water partition coefficient (Wildman–Crippen LogP) is 3.57. The minimum atomic E-state index is -2.29. The Morgan fingerprint density at radius 2 is 1.33 bits per heavy atom. The number of carbonyl (C=O) groups is 1. The highest BCUT2D eigenvalue weighted by atomic mass is 28.3. The summed E-state index contributed by atoms with van der Waals surface area (Å²) in [6.45, 7) is 4.38. The Hall–Kier alpha value is -1.67. The summed E-state index contributed by atoms with van der Waals surface area (Å²) in [5, 5.41) is 2.89. The summed E-state index contributed by atoms with van der Waals surface area (Å²) in [5.74, 6) is 0. The zero-order valence-corrected chi connectivity index (χ0v) is 14.0. The fraction of sp³-hybridized carbons (Fsp3) is 0.316. The van der Waals surface area contributed by atoms with Crippen molar-refractivity contribution >= 4 is 23.9 Å². The van der Waals surface area contributed by atoms with Crippen molar-refractivity contribution in [2.45, 2.75) is 39.2 Å². The fourth-order valence-corrected chi connectivity index (χ4v) is 6.19. The average molecular weight is 296 g/mol. The number of carbonyl (C=O) groups excluding carboxylic acids is 1. The molecular weight excluding hydrogens is 272 g/mol. The number of hydrogen-bond donors (Lipinski definition) is 0. The van der Waals surface area contributed by atoms with Crippen molar-refractivity contribution < 1.29 is 4.79 Å². The second-order valence-electron chi connectivity index (χ2n) is 5.74. The molecule has 0 radical (unpaired) electrons. The average Bonchev–Trinajstić information content (AvgIpc) is 2.56. The molecule has 0 unspecified atom stereocenters. The Bertz CT molecular complexity index is 523. The first-order valence-electron chi connectivity index (χ1n) is 7.84. The third-order valence-corrected chi connectivity index (χ3v) is 8.61. The van der Waals surface area contributed by atoms with E-state index in [2.05, 4.69) is 37.7 Å². The van der Waals surface area contributed by atoms with Crippen LogP contribution in [0.2, 0.25) is 6.55 Å². The van der Waals surface area contributed by atoms with E-state index in [1.165, 1.54) is 10.4 Å². The second kappa shape index (κ2) is 7.37. The molecule has 0 aliphatic heterocycles. The lowest BCUT2D eigenvalue weighted by atomic mass is 10.2. The summed E-state index contributed by atoms with van der Waals surface area (Å²) in [6.07, 6.45) is 4.01. The third kappa shape index (κ3) is 3.51. The van der Waals surface area contributed by atoms with Crippen molar-refractivity contribution in [3.63, 3.8) is 0 Å². The fourth-order valence-electron chi connectivity index (χ4n) is 2.82. The first-order valence-corrected chi connectivity index (χ1v) is 10.3. The maximum atomic E-state index is 13.0. The second-order valence-corrected chi connectivity index (χ2v) is 9.70. The van der Waals surface area contributed by atoms with Crippen LogP contribution in [0.4, 0.5) is 0 Å². The van der Waals surface area contributed by atoms with Gasteiger partial charge in [0.1, 0.15) is 5.41 Å². The molecule has 110 valence electrons. The van der Waals surface area contributed by atoms with Gasteiger partial charge in [-0.15, -0.1) is 0 Å². The van der Waals surface area contributed by atoms with Gasteiger partial charge in [-0.3, -0.25) is 0 Å². The molecule has 0 atom stereocenters. The van der Waals surface area contributed by atoms with Gasteiger partial charge >= 0.3 is 0 Å². The van der Waals surface area contributed by atoms with Crippen LogP contribution in [0.15, 0.2) is 60.7 Å². The van der Waals surface area contributed by atoms with E-state index in [0.29, 0.717) is 11.8 Å². The van der Waals surface area contributed by atoms with E-state index in [1.807, 2.05) is 36.4 Å². The molecule has 2 aromatic rings. The van der Waals surface area contributed by atoms with Gasteiger partial charge in [0.05, 0.1) is 0 Å². The van der Waals surface area contributed by atoms with Gasteiger partial charge in [-0.25, -0.2) is 0 Å². The van der Waals surface area contributed by atoms with Crippen LogP contribution in [-0.2, 0) is 4.79 Å². The van der Waals surface area contributed by atoms with Gasteiger partial charge in [0, 0.05) is 6.42 Å². The normalized spacial score (nSPS) is 11.3. The van der Waals surface area contributed by atoms with Gasteiger partial charge in [-0.1, -0.05) is 87.0 Å². The molecule has 0 saturated heterocycles. The van der Waals surface area contributed by atoms with Gasteiger partial charge in [0.2, 0.25) is 0 Å². The number of unbranched alkanes of at least 4 members (excludes halogenated alkanes) is 2. The van der Waals surface area contributed by atoms with Crippen LogP contribution in [0.5, 0.6) is 0 Å². The van der Waals surface area contributed by atoms with E-state index < -0.39 is 8.07 Å². The predicted molar refractivity (Wildman–Crippen MR) is 92.9 cm³/mol. The molecule has 0 spiro atoms. The molecule has 2 aromatic carbocycles. The van der Waals surface area contributed by atoms with Gasteiger partial charge in [-0.2, -0.15) is 0 Å². The molecule has 0 aromatic heterocycles. The molecule has 21 heavy (non-hydrogen) atoms. The monoisotopic (exact) mass is 296 g/mol. The van der Waals surface area contributed by atoms with Crippen molar-refractivity contribution in [2.24, 2.45) is 0 Å². The van der Waals surface area contributed by atoms with E-state index >= 15 is 0 Å².